The van der Waals surface area contributed by atoms with Gasteiger partial charge in [-0.3, -0.25) is 0 Å². The van der Waals surface area contributed by atoms with E-state index in [2.05, 4.69) is 49.0 Å². The molecule has 70 valence electrons. The first kappa shape index (κ1) is 9.35. The minimum Gasteiger partial charge on any atom is -0.144 e. The summed E-state index contributed by atoms with van der Waals surface area (Å²) in [5.41, 5.74) is 2.63. The van der Waals surface area contributed by atoms with Crippen LogP contribution in [0.4, 0.5) is 0 Å². The van der Waals surface area contributed by atoms with E-state index < -0.39 is 0 Å². The molecule has 0 N–H and O–H groups in total. The maximum atomic E-state index is 4.32. The van der Waals surface area contributed by atoms with Crippen molar-refractivity contribution < 1.29 is 0 Å². The average molecular weight is 200 g/mol. The zero-order chi connectivity index (χ0) is 9.80. The molecule has 0 saturated carbocycles. The zero-order valence-electron chi connectivity index (χ0n) is 7.85. The van der Waals surface area contributed by atoms with Crippen molar-refractivity contribution in [2.75, 3.05) is 0 Å². The van der Waals surface area contributed by atoms with Crippen LogP contribution in [-0.2, 0) is 0 Å². The molecule has 0 aliphatic heterocycles. The summed E-state index contributed by atoms with van der Waals surface area (Å²) in [4.78, 5) is 1.03. The molecule has 14 heavy (non-hydrogen) atoms. The van der Waals surface area contributed by atoms with Crippen molar-refractivity contribution in [3.63, 3.8) is 0 Å². The molecule has 1 aliphatic carbocycles. The van der Waals surface area contributed by atoms with Crippen LogP contribution < -0.4 is 0 Å². The van der Waals surface area contributed by atoms with Crippen LogP contribution >= 0.6 is 12.6 Å². The van der Waals surface area contributed by atoms with E-state index in [0.29, 0.717) is 0 Å². The van der Waals surface area contributed by atoms with Crippen molar-refractivity contribution in [3.05, 3.63) is 65.1 Å². The Labute approximate surface area is 90.1 Å². The quantitative estimate of drug-likeness (QED) is 0.654. The third kappa shape index (κ3) is 2.18. The molecule has 1 aromatic carbocycles. The van der Waals surface area contributed by atoms with Gasteiger partial charge in [-0.05, 0) is 23.6 Å². The molecule has 0 unspecified atom stereocenters. The van der Waals surface area contributed by atoms with E-state index in [1.807, 2.05) is 18.2 Å². The summed E-state index contributed by atoms with van der Waals surface area (Å²) >= 11 is 4.32. The minimum absolute atomic E-state index is 0.954. The second kappa shape index (κ2) is 4.34. The van der Waals surface area contributed by atoms with Crippen LogP contribution in [-0.4, -0.2) is 0 Å². The first-order chi connectivity index (χ1) is 6.86. The summed E-state index contributed by atoms with van der Waals surface area (Å²) in [7, 11) is 0. The third-order valence-electron chi connectivity index (χ3n) is 2.24. The second-order valence-electron chi connectivity index (χ2n) is 3.25. The van der Waals surface area contributed by atoms with Crippen LogP contribution in [0.3, 0.4) is 0 Å². The Hall–Kier alpha value is -1.21. The number of benzene rings is 1. The number of thiol groups is 1. The Morgan fingerprint density at radius 2 is 1.86 bits per heavy atom. The zero-order valence-corrected chi connectivity index (χ0v) is 8.74. The van der Waals surface area contributed by atoms with Crippen molar-refractivity contribution in [3.8, 4) is 0 Å². The largest absolute Gasteiger partial charge is 0.144 e. The number of allylic oxidation sites excluding steroid dienone is 5. The minimum atomic E-state index is 0.954. The molecule has 2 rings (SSSR count). The molecule has 1 aliphatic rings. The molecule has 0 bridgehead atoms. The molecular weight excluding hydrogens is 188 g/mol. The van der Waals surface area contributed by atoms with Crippen molar-refractivity contribution in [2.45, 2.75) is 6.42 Å². The second-order valence-corrected chi connectivity index (χ2v) is 3.77. The molecule has 0 radical (unpaired) electrons. The molecule has 0 spiro atoms. The van der Waals surface area contributed by atoms with Gasteiger partial charge in [0.2, 0.25) is 0 Å². The Balaban J connectivity index is 2.30. The normalized spacial score (nSPS) is 15.8. The van der Waals surface area contributed by atoms with E-state index in [4.69, 9.17) is 0 Å². The standard InChI is InChI=1S/C13H12S/c14-13-8-4-7-12(9-10-13)11-5-2-1-3-6-11/h1-8,10,14H,9H2. The fraction of sp³-hybridized carbons (Fsp3) is 0.0769. The van der Waals surface area contributed by atoms with Crippen LogP contribution in [0.15, 0.2) is 59.5 Å². The van der Waals surface area contributed by atoms with Crippen molar-refractivity contribution in [1.82, 2.24) is 0 Å². The summed E-state index contributed by atoms with van der Waals surface area (Å²) in [5, 5.41) is 0. The average Bonchev–Trinajstić information content (AvgIpc) is 2.44. The Morgan fingerprint density at radius 3 is 2.64 bits per heavy atom. The van der Waals surface area contributed by atoms with Crippen molar-refractivity contribution in [2.24, 2.45) is 0 Å². The van der Waals surface area contributed by atoms with Gasteiger partial charge >= 0.3 is 0 Å². The van der Waals surface area contributed by atoms with Gasteiger partial charge in [0.15, 0.2) is 0 Å². The Kier molecular flexibility index (Phi) is 2.90. The van der Waals surface area contributed by atoms with E-state index in [1.165, 1.54) is 11.1 Å². The predicted molar refractivity (Wildman–Crippen MR) is 65.2 cm³/mol. The van der Waals surface area contributed by atoms with Crippen LogP contribution in [0.5, 0.6) is 0 Å². The number of hydrogen-bond donors (Lipinski definition) is 1. The fourth-order valence-electron chi connectivity index (χ4n) is 1.48. The van der Waals surface area contributed by atoms with Crippen LogP contribution in [0, 0.1) is 0 Å². The lowest BCUT2D eigenvalue weighted by atomic mass is 10.0. The summed E-state index contributed by atoms with van der Waals surface area (Å²) in [6.45, 7) is 0. The number of hydrogen-bond acceptors (Lipinski definition) is 1. The first-order valence-corrected chi connectivity index (χ1v) is 5.13. The van der Waals surface area contributed by atoms with Gasteiger partial charge in [0.05, 0.1) is 0 Å². The van der Waals surface area contributed by atoms with E-state index in [1.54, 1.807) is 0 Å². The molecule has 0 atom stereocenters. The summed E-state index contributed by atoms with van der Waals surface area (Å²) in [6.07, 6.45) is 9.30. The van der Waals surface area contributed by atoms with Gasteiger partial charge in [-0.1, -0.05) is 48.6 Å². The van der Waals surface area contributed by atoms with E-state index in [-0.39, 0.29) is 0 Å². The maximum absolute atomic E-state index is 4.32. The highest BCUT2D eigenvalue weighted by molar-refractivity contribution is 7.84. The van der Waals surface area contributed by atoms with Gasteiger partial charge < -0.3 is 0 Å². The fourth-order valence-corrected chi connectivity index (χ4v) is 1.66. The Bertz CT molecular complexity index is 394. The number of rotatable bonds is 1. The molecule has 0 heterocycles. The third-order valence-corrected chi connectivity index (χ3v) is 2.57. The molecule has 0 amide bonds. The van der Waals surface area contributed by atoms with Crippen molar-refractivity contribution in [1.29, 1.82) is 0 Å². The van der Waals surface area contributed by atoms with Gasteiger partial charge in [-0.25, -0.2) is 0 Å². The van der Waals surface area contributed by atoms with Gasteiger partial charge in [0.25, 0.3) is 0 Å². The first-order valence-electron chi connectivity index (χ1n) is 4.68. The van der Waals surface area contributed by atoms with E-state index >= 15 is 0 Å². The van der Waals surface area contributed by atoms with Gasteiger partial charge in [-0.15, -0.1) is 12.6 Å². The van der Waals surface area contributed by atoms with E-state index in [9.17, 15) is 0 Å². The van der Waals surface area contributed by atoms with Crippen LogP contribution in [0.1, 0.15) is 12.0 Å². The highest BCUT2D eigenvalue weighted by Crippen LogP contribution is 2.22. The molecule has 1 heteroatoms. The topological polar surface area (TPSA) is 0 Å². The molecule has 1 aromatic rings. The van der Waals surface area contributed by atoms with Gasteiger partial charge in [-0.2, -0.15) is 0 Å². The van der Waals surface area contributed by atoms with Gasteiger partial charge in [0, 0.05) is 4.91 Å². The van der Waals surface area contributed by atoms with Crippen molar-refractivity contribution >= 4 is 18.2 Å². The van der Waals surface area contributed by atoms with Crippen LogP contribution in [0.2, 0.25) is 0 Å². The van der Waals surface area contributed by atoms with Crippen LogP contribution in [0.25, 0.3) is 5.57 Å². The molecule has 0 saturated heterocycles. The molecule has 0 nitrogen and oxygen atoms in total. The van der Waals surface area contributed by atoms with E-state index in [0.717, 1.165) is 11.3 Å². The summed E-state index contributed by atoms with van der Waals surface area (Å²) in [5.74, 6) is 0. The Morgan fingerprint density at radius 1 is 1.07 bits per heavy atom. The predicted octanol–water partition coefficient (Wildman–Crippen LogP) is 3.84. The highest BCUT2D eigenvalue weighted by atomic mass is 32.1. The molecule has 0 aromatic heterocycles. The summed E-state index contributed by atoms with van der Waals surface area (Å²) < 4.78 is 0. The maximum Gasteiger partial charge on any atom is 0.000335 e. The SMILES string of the molecule is SC1=CCC(c2ccccc2)=CC=C1. The lowest BCUT2D eigenvalue weighted by Gasteiger charge is -2.02. The lowest BCUT2D eigenvalue weighted by Crippen LogP contribution is -1.81. The lowest BCUT2D eigenvalue weighted by molar-refractivity contribution is 1.39. The molecular formula is C13H12S. The molecule has 0 fully saturated rings. The summed E-state index contributed by atoms with van der Waals surface area (Å²) in [6, 6.07) is 10.4. The smallest absolute Gasteiger partial charge is 0.000335 e. The highest BCUT2D eigenvalue weighted by Gasteiger charge is 2.00. The monoisotopic (exact) mass is 200 g/mol. The van der Waals surface area contributed by atoms with Gasteiger partial charge in [0.1, 0.15) is 0 Å².